The molecule has 3 heteroatoms. The summed E-state index contributed by atoms with van der Waals surface area (Å²) in [7, 11) is -0.601. The summed E-state index contributed by atoms with van der Waals surface area (Å²) >= 11 is 0. The van der Waals surface area contributed by atoms with Gasteiger partial charge in [0.15, 0.2) is 0 Å². The standard InChI is InChI=1S/C9H19NOS/c1-4-8-6-12(11)9(5-10-8)7(2)3/h7-10H,4-6H2,1-3H3. The van der Waals surface area contributed by atoms with Crippen LogP contribution in [0.5, 0.6) is 0 Å². The first-order chi connectivity index (χ1) is 5.65. The van der Waals surface area contributed by atoms with Gasteiger partial charge in [0, 0.05) is 34.4 Å². The van der Waals surface area contributed by atoms with E-state index in [4.69, 9.17) is 0 Å². The molecule has 12 heavy (non-hydrogen) atoms. The van der Waals surface area contributed by atoms with E-state index in [0.717, 1.165) is 18.7 Å². The molecule has 1 fully saturated rings. The molecule has 1 aliphatic heterocycles. The van der Waals surface area contributed by atoms with Gasteiger partial charge in [0.25, 0.3) is 0 Å². The molecule has 1 rings (SSSR count). The van der Waals surface area contributed by atoms with Crippen LogP contribution in [0.1, 0.15) is 27.2 Å². The second kappa shape index (κ2) is 4.38. The fraction of sp³-hybridized carbons (Fsp3) is 1.00. The minimum atomic E-state index is -0.601. The molecule has 0 saturated carbocycles. The van der Waals surface area contributed by atoms with Gasteiger partial charge in [-0.25, -0.2) is 0 Å². The first-order valence-corrected chi connectivity index (χ1v) is 6.14. The number of rotatable bonds is 2. The van der Waals surface area contributed by atoms with Crippen molar-refractivity contribution in [3.05, 3.63) is 0 Å². The van der Waals surface area contributed by atoms with Crippen molar-refractivity contribution in [3.8, 4) is 0 Å². The summed E-state index contributed by atoms with van der Waals surface area (Å²) in [5, 5.41) is 3.81. The molecule has 0 amide bonds. The fourth-order valence-corrected chi connectivity index (χ4v) is 3.44. The molecule has 0 aromatic carbocycles. The van der Waals surface area contributed by atoms with E-state index >= 15 is 0 Å². The summed E-state index contributed by atoms with van der Waals surface area (Å²) in [6.45, 7) is 7.38. The molecule has 72 valence electrons. The van der Waals surface area contributed by atoms with E-state index in [0.29, 0.717) is 17.2 Å². The van der Waals surface area contributed by atoms with E-state index in [-0.39, 0.29) is 0 Å². The summed E-state index contributed by atoms with van der Waals surface area (Å²) in [5.41, 5.74) is 0. The van der Waals surface area contributed by atoms with Crippen LogP contribution in [0.2, 0.25) is 0 Å². The van der Waals surface area contributed by atoms with E-state index in [1.807, 2.05) is 0 Å². The Morgan fingerprint density at radius 2 is 2.25 bits per heavy atom. The maximum atomic E-state index is 11.7. The van der Waals surface area contributed by atoms with Crippen molar-refractivity contribution in [3.63, 3.8) is 0 Å². The average molecular weight is 189 g/mol. The van der Waals surface area contributed by atoms with Crippen LogP contribution >= 0.6 is 0 Å². The maximum Gasteiger partial charge on any atom is 0.0496 e. The van der Waals surface area contributed by atoms with Crippen LogP contribution in [0.4, 0.5) is 0 Å². The lowest BCUT2D eigenvalue weighted by Crippen LogP contribution is -2.49. The Morgan fingerprint density at radius 1 is 1.58 bits per heavy atom. The van der Waals surface area contributed by atoms with Crippen LogP contribution in [0, 0.1) is 5.92 Å². The van der Waals surface area contributed by atoms with Crippen LogP contribution in [-0.4, -0.2) is 27.8 Å². The molecule has 0 radical (unpaired) electrons. The molecule has 0 bridgehead atoms. The van der Waals surface area contributed by atoms with E-state index in [9.17, 15) is 4.21 Å². The number of nitrogens with one attached hydrogen (secondary N) is 1. The minimum absolute atomic E-state index is 0.368. The SMILES string of the molecule is CCC1CS(=O)C(C(C)C)CN1. The van der Waals surface area contributed by atoms with Gasteiger partial charge in [-0.15, -0.1) is 0 Å². The van der Waals surface area contributed by atoms with Crippen molar-refractivity contribution in [2.45, 2.75) is 38.5 Å². The molecule has 0 aromatic rings. The highest BCUT2D eigenvalue weighted by Gasteiger charge is 2.27. The van der Waals surface area contributed by atoms with Crippen molar-refractivity contribution in [1.29, 1.82) is 0 Å². The average Bonchev–Trinajstić information content (AvgIpc) is 2.03. The normalized spacial score (nSPS) is 37.2. The van der Waals surface area contributed by atoms with Gasteiger partial charge in [-0.05, 0) is 12.3 Å². The predicted molar refractivity (Wildman–Crippen MR) is 53.7 cm³/mol. The summed E-state index contributed by atoms with van der Waals surface area (Å²) in [6, 6.07) is 0.487. The van der Waals surface area contributed by atoms with Gasteiger partial charge < -0.3 is 5.32 Å². The first-order valence-electron chi connectivity index (χ1n) is 4.75. The van der Waals surface area contributed by atoms with Gasteiger partial charge in [-0.1, -0.05) is 20.8 Å². The zero-order valence-electron chi connectivity index (χ0n) is 8.17. The van der Waals surface area contributed by atoms with Gasteiger partial charge in [0.05, 0.1) is 0 Å². The molecule has 1 N–H and O–H groups in total. The third kappa shape index (κ3) is 2.30. The largest absolute Gasteiger partial charge is 0.312 e. The van der Waals surface area contributed by atoms with E-state index < -0.39 is 10.8 Å². The summed E-state index contributed by atoms with van der Waals surface area (Å²) in [6.07, 6.45) is 1.09. The van der Waals surface area contributed by atoms with Crippen LogP contribution in [0.25, 0.3) is 0 Å². The molecular weight excluding hydrogens is 170 g/mol. The van der Waals surface area contributed by atoms with Gasteiger partial charge in [0.2, 0.25) is 0 Å². The lowest BCUT2D eigenvalue weighted by atomic mass is 10.1. The van der Waals surface area contributed by atoms with Gasteiger partial charge in [-0.3, -0.25) is 4.21 Å². The number of hydrogen-bond donors (Lipinski definition) is 1. The van der Waals surface area contributed by atoms with Gasteiger partial charge >= 0.3 is 0 Å². The van der Waals surface area contributed by atoms with Crippen molar-refractivity contribution in [2.24, 2.45) is 5.92 Å². The van der Waals surface area contributed by atoms with Crippen LogP contribution in [-0.2, 0) is 10.8 Å². The van der Waals surface area contributed by atoms with Crippen molar-refractivity contribution in [2.75, 3.05) is 12.3 Å². The Bertz CT molecular complexity index is 170. The fourth-order valence-electron chi connectivity index (χ4n) is 1.56. The van der Waals surface area contributed by atoms with Crippen molar-refractivity contribution < 1.29 is 4.21 Å². The van der Waals surface area contributed by atoms with Gasteiger partial charge in [0.1, 0.15) is 0 Å². The summed E-state index contributed by atoms with van der Waals surface area (Å²) in [5.74, 6) is 1.38. The number of hydrogen-bond acceptors (Lipinski definition) is 2. The highest BCUT2D eigenvalue weighted by molar-refractivity contribution is 7.85. The van der Waals surface area contributed by atoms with E-state index in [1.54, 1.807) is 0 Å². The maximum absolute atomic E-state index is 11.7. The predicted octanol–water partition coefficient (Wildman–Crippen LogP) is 1.14. The van der Waals surface area contributed by atoms with Crippen molar-refractivity contribution in [1.82, 2.24) is 5.32 Å². The summed E-state index contributed by atoms with van der Waals surface area (Å²) < 4.78 is 11.7. The molecule has 0 aliphatic carbocycles. The third-order valence-electron chi connectivity index (χ3n) is 2.55. The molecule has 0 spiro atoms. The topological polar surface area (TPSA) is 29.1 Å². The molecule has 3 atom stereocenters. The second-order valence-corrected chi connectivity index (χ2v) is 5.54. The van der Waals surface area contributed by atoms with Crippen LogP contribution in [0.3, 0.4) is 0 Å². The monoisotopic (exact) mass is 189 g/mol. The third-order valence-corrected chi connectivity index (χ3v) is 4.66. The lowest BCUT2D eigenvalue weighted by molar-refractivity contribution is 0.458. The zero-order valence-corrected chi connectivity index (χ0v) is 8.99. The zero-order chi connectivity index (χ0) is 9.14. The summed E-state index contributed by atoms with van der Waals surface area (Å²) in [4.78, 5) is 0. The molecule has 1 saturated heterocycles. The minimum Gasteiger partial charge on any atom is -0.312 e. The Kier molecular flexibility index (Phi) is 3.72. The molecule has 1 aliphatic rings. The molecular formula is C9H19NOS. The van der Waals surface area contributed by atoms with Crippen molar-refractivity contribution >= 4 is 10.8 Å². The first kappa shape index (κ1) is 10.2. The Hall–Kier alpha value is 0.110. The van der Waals surface area contributed by atoms with Crippen LogP contribution < -0.4 is 5.32 Å². The van der Waals surface area contributed by atoms with E-state index in [1.165, 1.54) is 0 Å². The molecule has 3 unspecified atom stereocenters. The molecule has 2 nitrogen and oxygen atoms in total. The highest BCUT2D eigenvalue weighted by Crippen LogP contribution is 2.14. The second-order valence-electron chi connectivity index (χ2n) is 3.84. The Morgan fingerprint density at radius 3 is 2.67 bits per heavy atom. The highest BCUT2D eigenvalue weighted by atomic mass is 32.2. The molecule has 0 aromatic heterocycles. The Balaban J connectivity index is 2.48. The Labute approximate surface area is 77.6 Å². The van der Waals surface area contributed by atoms with Gasteiger partial charge in [-0.2, -0.15) is 0 Å². The quantitative estimate of drug-likeness (QED) is 0.706. The van der Waals surface area contributed by atoms with Crippen LogP contribution in [0.15, 0.2) is 0 Å². The molecule has 1 heterocycles. The smallest absolute Gasteiger partial charge is 0.0496 e. The lowest BCUT2D eigenvalue weighted by Gasteiger charge is -2.30. The van der Waals surface area contributed by atoms with E-state index in [2.05, 4.69) is 26.1 Å².